The van der Waals surface area contributed by atoms with Gasteiger partial charge < -0.3 is 10.1 Å². The van der Waals surface area contributed by atoms with Crippen LogP contribution in [0.2, 0.25) is 0 Å². The molecule has 0 bridgehead atoms. The van der Waals surface area contributed by atoms with Crippen molar-refractivity contribution in [2.24, 2.45) is 0 Å². The molecule has 0 aliphatic rings. The smallest absolute Gasteiger partial charge is 0.272 e. The monoisotopic (exact) mass is 403 g/mol. The fourth-order valence-corrected chi connectivity index (χ4v) is 4.23. The number of carbonyl (C=O) groups is 1. The quantitative estimate of drug-likeness (QED) is 0.462. The van der Waals surface area contributed by atoms with Crippen LogP contribution in [0.4, 0.5) is 0 Å². The molecule has 1 amide bonds. The van der Waals surface area contributed by atoms with E-state index in [-0.39, 0.29) is 17.2 Å². The molecule has 0 aliphatic carbocycles. The third-order valence-electron chi connectivity index (χ3n) is 3.96. The molecule has 0 saturated heterocycles. The summed E-state index contributed by atoms with van der Waals surface area (Å²) in [5, 5.41) is 5.23. The number of amides is 1. The Hall–Kier alpha value is -2.32. The second-order valence-corrected chi connectivity index (χ2v) is 7.73. The SMILES string of the molecule is CCCNC(=O)CSc1nc2ccsc2c(=O)n1Cc1ccccc1OC. The van der Waals surface area contributed by atoms with Gasteiger partial charge in [-0.25, -0.2) is 4.98 Å². The van der Waals surface area contributed by atoms with E-state index in [0.717, 1.165) is 12.0 Å². The van der Waals surface area contributed by atoms with Crippen molar-refractivity contribution in [1.29, 1.82) is 0 Å². The molecule has 0 saturated carbocycles. The summed E-state index contributed by atoms with van der Waals surface area (Å²) in [5.74, 6) is 0.867. The fourth-order valence-electron chi connectivity index (χ4n) is 2.62. The van der Waals surface area contributed by atoms with E-state index in [2.05, 4.69) is 10.3 Å². The van der Waals surface area contributed by atoms with E-state index >= 15 is 0 Å². The van der Waals surface area contributed by atoms with Crippen molar-refractivity contribution >= 4 is 39.2 Å². The van der Waals surface area contributed by atoms with Gasteiger partial charge in [-0.3, -0.25) is 14.2 Å². The highest BCUT2D eigenvalue weighted by Crippen LogP contribution is 2.24. The number of aromatic nitrogens is 2. The molecule has 0 fully saturated rings. The van der Waals surface area contributed by atoms with Crippen molar-refractivity contribution in [3.8, 4) is 5.75 Å². The third-order valence-corrected chi connectivity index (χ3v) is 5.82. The highest BCUT2D eigenvalue weighted by molar-refractivity contribution is 7.99. The summed E-state index contributed by atoms with van der Waals surface area (Å²) >= 11 is 2.65. The molecule has 27 heavy (non-hydrogen) atoms. The fraction of sp³-hybridized carbons (Fsp3) is 0.316. The molecule has 0 radical (unpaired) electrons. The summed E-state index contributed by atoms with van der Waals surface area (Å²) in [6, 6.07) is 9.41. The number of fused-ring (bicyclic) bond motifs is 1. The predicted octanol–water partition coefficient (Wildman–Crippen LogP) is 3.13. The van der Waals surface area contributed by atoms with Crippen LogP contribution in [-0.2, 0) is 11.3 Å². The molecule has 2 heterocycles. The summed E-state index contributed by atoms with van der Waals surface area (Å²) in [7, 11) is 1.61. The minimum Gasteiger partial charge on any atom is -0.496 e. The van der Waals surface area contributed by atoms with Gasteiger partial charge >= 0.3 is 0 Å². The van der Waals surface area contributed by atoms with Gasteiger partial charge in [-0.1, -0.05) is 36.9 Å². The van der Waals surface area contributed by atoms with Crippen LogP contribution in [0.15, 0.2) is 45.7 Å². The molecule has 142 valence electrons. The van der Waals surface area contributed by atoms with Crippen molar-refractivity contribution in [2.75, 3.05) is 19.4 Å². The number of rotatable bonds is 8. The Bertz CT molecular complexity index is 997. The van der Waals surface area contributed by atoms with Crippen molar-refractivity contribution in [3.63, 3.8) is 0 Å². The van der Waals surface area contributed by atoms with E-state index in [1.165, 1.54) is 23.1 Å². The number of ether oxygens (including phenoxy) is 1. The Morgan fingerprint density at radius 3 is 2.93 bits per heavy atom. The van der Waals surface area contributed by atoms with Gasteiger partial charge in [-0.05, 0) is 23.9 Å². The standard InChI is InChI=1S/C19H21N3O3S2/c1-3-9-20-16(23)12-27-19-21-14-8-10-26-17(14)18(24)22(19)11-13-6-4-5-7-15(13)25-2/h4-8,10H,3,9,11-12H2,1-2H3,(H,20,23). The van der Waals surface area contributed by atoms with Gasteiger partial charge in [0.1, 0.15) is 10.4 Å². The van der Waals surface area contributed by atoms with Gasteiger partial charge in [0.25, 0.3) is 5.56 Å². The molecule has 8 heteroatoms. The third kappa shape index (κ3) is 4.51. The Balaban J connectivity index is 1.95. The van der Waals surface area contributed by atoms with E-state index in [1.54, 1.807) is 11.7 Å². The van der Waals surface area contributed by atoms with Crippen LogP contribution in [0.5, 0.6) is 5.75 Å². The summed E-state index contributed by atoms with van der Waals surface area (Å²) in [5.41, 5.74) is 1.45. The first-order valence-electron chi connectivity index (χ1n) is 8.63. The van der Waals surface area contributed by atoms with Crippen LogP contribution >= 0.6 is 23.1 Å². The van der Waals surface area contributed by atoms with Crippen LogP contribution in [0.25, 0.3) is 10.2 Å². The van der Waals surface area contributed by atoms with Crippen molar-refractivity contribution in [2.45, 2.75) is 25.0 Å². The zero-order valence-electron chi connectivity index (χ0n) is 15.2. The molecular weight excluding hydrogens is 382 g/mol. The molecular formula is C19H21N3O3S2. The van der Waals surface area contributed by atoms with Crippen LogP contribution in [-0.4, -0.2) is 34.9 Å². The number of thiophene rings is 1. The van der Waals surface area contributed by atoms with Gasteiger partial charge in [0.15, 0.2) is 5.16 Å². The molecule has 1 aromatic carbocycles. The Labute approximate surface area is 165 Å². The molecule has 1 N–H and O–H groups in total. The largest absolute Gasteiger partial charge is 0.496 e. The zero-order valence-corrected chi connectivity index (χ0v) is 16.9. The number of para-hydroxylation sites is 1. The van der Waals surface area contributed by atoms with Crippen LogP contribution < -0.4 is 15.6 Å². The van der Waals surface area contributed by atoms with E-state index < -0.39 is 0 Å². The molecule has 0 aliphatic heterocycles. The van der Waals surface area contributed by atoms with Gasteiger partial charge in [0.2, 0.25) is 5.91 Å². The van der Waals surface area contributed by atoms with E-state index in [1.807, 2.05) is 42.6 Å². The average Bonchev–Trinajstić information content (AvgIpc) is 3.16. The Morgan fingerprint density at radius 2 is 2.15 bits per heavy atom. The van der Waals surface area contributed by atoms with Gasteiger partial charge in [0, 0.05) is 12.1 Å². The maximum atomic E-state index is 13.0. The van der Waals surface area contributed by atoms with Gasteiger partial charge in [-0.2, -0.15) is 0 Å². The molecule has 0 unspecified atom stereocenters. The molecule has 3 rings (SSSR count). The lowest BCUT2D eigenvalue weighted by Crippen LogP contribution is -2.27. The molecule has 3 aromatic rings. The maximum Gasteiger partial charge on any atom is 0.272 e. The van der Waals surface area contributed by atoms with Gasteiger partial charge in [0.05, 0.1) is 24.9 Å². The number of hydrogen-bond acceptors (Lipinski definition) is 6. The molecule has 6 nitrogen and oxygen atoms in total. The number of carbonyl (C=O) groups excluding carboxylic acids is 1. The second kappa shape index (κ2) is 9.05. The number of nitrogens with zero attached hydrogens (tertiary/aromatic N) is 2. The molecule has 0 atom stereocenters. The Morgan fingerprint density at radius 1 is 1.33 bits per heavy atom. The number of nitrogens with one attached hydrogen (secondary N) is 1. The highest BCUT2D eigenvalue weighted by atomic mass is 32.2. The second-order valence-electron chi connectivity index (χ2n) is 5.87. The normalized spacial score (nSPS) is 10.9. The highest BCUT2D eigenvalue weighted by Gasteiger charge is 2.15. The van der Waals surface area contributed by atoms with E-state index in [4.69, 9.17) is 4.74 Å². The minimum atomic E-state index is -0.0997. The first kappa shape index (κ1) is 19.4. The first-order valence-corrected chi connectivity index (χ1v) is 10.5. The molecule has 2 aromatic heterocycles. The first-order chi connectivity index (χ1) is 13.1. The van der Waals surface area contributed by atoms with Crippen LogP contribution in [0, 0.1) is 0 Å². The minimum absolute atomic E-state index is 0.0645. The summed E-state index contributed by atoms with van der Waals surface area (Å²) in [6.45, 7) is 2.98. The lowest BCUT2D eigenvalue weighted by atomic mass is 10.2. The van der Waals surface area contributed by atoms with Gasteiger partial charge in [-0.15, -0.1) is 11.3 Å². The average molecular weight is 404 g/mol. The summed E-state index contributed by atoms with van der Waals surface area (Å²) in [4.78, 5) is 29.6. The maximum absolute atomic E-state index is 13.0. The lowest BCUT2D eigenvalue weighted by Gasteiger charge is -2.14. The number of methoxy groups -OCH3 is 1. The summed E-state index contributed by atoms with van der Waals surface area (Å²) < 4.78 is 7.64. The topological polar surface area (TPSA) is 73.2 Å². The zero-order chi connectivity index (χ0) is 19.2. The predicted molar refractivity (Wildman–Crippen MR) is 110 cm³/mol. The number of benzene rings is 1. The number of thioether (sulfide) groups is 1. The summed E-state index contributed by atoms with van der Waals surface area (Å²) in [6.07, 6.45) is 0.883. The number of hydrogen-bond donors (Lipinski definition) is 1. The van der Waals surface area contributed by atoms with E-state index in [0.29, 0.717) is 34.2 Å². The Kier molecular flexibility index (Phi) is 6.52. The van der Waals surface area contributed by atoms with Crippen molar-refractivity contribution in [1.82, 2.24) is 14.9 Å². The lowest BCUT2D eigenvalue weighted by molar-refractivity contribution is -0.118. The molecule has 0 spiro atoms. The van der Waals surface area contributed by atoms with Crippen molar-refractivity contribution < 1.29 is 9.53 Å². The van der Waals surface area contributed by atoms with Crippen LogP contribution in [0.3, 0.4) is 0 Å². The van der Waals surface area contributed by atoms with Crippen LogP contribution in [0.1, 0.15) is 18.9 Å². The van der Waals surface area contributed by atoms with Crippen molar-refractivity contribution in [3.05, 3.63) is 51.6 Å². The van der Waals surface area contributed by atoms with E-state index in [9.17, 15) is 9.59 Å².